The van der Waals surface area contributed by atoms with Crippen molar-refractivity contribution in [3.05, 3.63) is 18.0 Å². The van der Waals surface area contributed by atoms with E-state index >= 15 is 0 Å². The molecule has 2 fully saturated rings. The van der Waals surface area contributed by atoms with E-state index in [2.05, 4.69) is 15.1 Å². The van der Waals surface area contributed by atoms with Gasteiger partial charge in [-0.1, -0.05) is 6.42 Å². The van der Waals surface area contributed by atoms with Crippen LogP contribution in [0.5, 0.6) is 0 Å². The maximum atomic E-state index is 12.3. The van der Waals surface area contributed by atoms with Gasteiger partial charge in [0.1, 0.15) is 5.69 Å². The summed E-state index contributed by atoms with van der Waals surface area (Å²) in [5.74, 6) is 0.884. The number of aromatic nitrogens is 2. The molecule has 3 rings (SSSR count). The molecule has 0 radical (unpaired) electrons. The number of carbonyl (C=O) groups excluding carboxylic acids is 1. The van der Waals surface area contributed by atoms with Gasteiger partial charge < -0.3 is 4.90 Å². The molecule has 1 amide bonds. The van der Waals surface area contributed by atoms with Crippen LogP contribution in [0.4, 0.5) is 0 Å². The van der Waals surface area contributed by atoms with E-state index < -0.39 is 0 Å². The fraction of sp³-hybridized carbons (Fsp3) is 0.667. The Labute approximate surface area is 95.0 Å². The number of rotatable bonds is 1. The second-order valence-electron chi connectivity index (χ2n) is 4.87. The molecule has 4 heteroatoms. The van der Waals surface area contributed by atoms with Crippen LogP contribution in [0.15, 0.2) is 12.3 Å². The predicted molar refractivity (Wildman–Crippen MR) is 60.0 cm³/mol. The van der Waals surface area contributed by atoms with Gasteiger partial charge in [-0.05, 0) is 37.7 Å². The van der Waals surface area contributed by atoms with Gasteiger partial charge in [0.25, 0.3) is 5.91 Å². The lowest BCUT2D eigenvalue weighted by atomic mass is 9.92. The minimum atomic E-state index is 0.133. The zero-order valence-electron chi connectivity index (χ0n) is 9.35. The van der Waals surface area contributed by atoms with Crippen LogP contribution in [-0.2, 0) is 0 Å². The lowest BCUT2D eigenvalue weighted by Crippen LogP contribution is -2.46. The lowest BCUT2D eigenvalue weighted by molar-refractivity contribution is 0.0542. The molecule has 0 aromatic carbocycles. The first-order valence-corrected chi connectivity index (χ1v) is 6.16. The Morgan fingerprint density at radius 2 is 2.25 bits per heavy atom. The number of hydrogen-bond donors (Lipinski definition) is 1. The molecule has 1 aliphatic carbocycles. The van der Waals surface area contributed by atoms with E-state index in [4.69, 9.17) is 0 Å². The molecule has 4 nitrogen and oxygen atoms in total. The van der Waals surface area contributed by atoms with Gasteiger partial charge >= 0.3 is 0 Å². The molecule has 2 atom stereocenters. The van der Waals surface area contributed by atoms with E-state index in [0.29, 0.717) is 11.7 Å². The first-order chi connectivity index (χ1) is 7.86. The van der Waals surface area contributed by atoms with E-state index in [9.17, 15) is 4.79 Å². The van der Waals surface area contributed by atoms with E-state index in [1.165, 1.54) is 25.7 Å². The monoisotopic (exact) mass is 219 g/mol. The molecular formula is C12H17N3O. The summed E-state index contributed by atoms with van der Waals surface area (Å²) in [4.78, 5) is 14.3. The quantitative estimate of drug-likeness (QED) is 0.783. The first-order valence-electron chi connectivity index (χ1n) is 6.16. The van der Waals surface area contributed by atoms with Gasteiger partial charge in [-0.25, -0.2) is 0 Å². The summed E-state index contributed by atoms with van der Waals surface area (Å²) in [6.07, 6.45) is 7.87. The third kappa shape index (κ3) is 1.52. The number of piperidine rings is 1. The highest BCUT2D eigenvalue weighted by Gasteiger charge is 2.37. The van der Waals surface area contributed by atoms with Crippen molar-refractivity contribution in [1.29, 1.82) is 0 Å². The van der Waals surface area contributed by atoms with Gasteiger partial charge in [0.15, 0.2) is 0 Å². The molecule has 86 valence electrons. The summed E-state index contributed by atoms with van der Waals surface area (Å²) in [7, 11) is 0. The molecule has 1 aromatic heterocycles. The van der Waals surface area contributed by atoms with E-state index in [1.807, 2.05) is 0 Å². The van der Waals surface area contributed by atoms with Crippen molar-refractivity contribution in [2.75, 3.05) is 6.54 Å². The van der Waals surface area contributed by atoms with E-state index in [-0.39, 0.29) is 5.91 Å². The van der Waals surface area contributed by atoms with Crippen LogP contribution >= 0.6 is 0 Å². The topological polar surface area (TPSA) is 49.0 Å². The molecule has 0 spiro atoms. The minimum absolute atomic E-state index is 0.133. The van der Waals surface area contributed by atoms with Crippen molar-refractivity contribution in [2.45, 2.75) is 38.1 Å². The van der Waals surface area contributed by atoms with Crippen LogP contribution in [-0.4, -0.2) is 33.6 Å². The van der Waals surface area contributed by atoms with Gasteiger partial charge in [0.05, 0.1) is 0 Å². The largest absolute Gasteiger partial charge is 0.334 e. The van der Waals surface area contributed by atoms with Crippen LogP contribution < -0.4 is 0 Å². The standard InChI is InChI=1S/C12H17N3O/c16-12(10-6-7-13-14-10)15-8-2-4-9-3-1-5-11(9)15/h6-7,9,11H,1-5,8H2,(H,13,14). The van der Waals surface area contributed by atoms with Crippen LogP contribution in [0, 0.1) is 5.92 Å². The number of hydrogen-bond acceptors (Lipinski definition) is 2. The zero-order chi connectivity index (χ0) is 11.0. The summed E-state index contributed by atoms with van der Waals surface area (Å²) in [5, 5.41) is 6.62. The highest BCUT2D eigenvalue weighted by molar-refractivity contribution is 5.92. The van der Waals surface area contributed by atoms with Gasteiger partial charge in [-0.3, -0.25) is 9.89 Å². The summed E-state index contributed by atoms with van der Waals surface area (Å²) in [6.45, 7) is 0.916. The first kappa shape index (κ1) is 9.87. The number of fused-ring (bicyclic) bond motifs is 1. The SMILES string of the molecule is O=C(c1ccn[nH]1)N1CCCC2CCCC21. The molecule has 1 saturated heterocycles. The Balaban J connectivity index is 1.80. The van der Waals surface area contributed by atoms with E-state index in [0.717, 1.165) is 18.9 Å². The Morgan fingerprint density at radius 3 is 3.06 bits per heavy atom. The highest BCUT2D eigenvalue weighted by atomic mass is 16.2. The minimum Gasteiger partial charge on any atom is -0.334 e. The fourth-order valence-corrected chi connectivity index (χ4v) is 3.24. The summed E-state index contributed by atoms with van der Waals surface area (Å²) in [6, 6.07) is 2.26. The van der Waals surface area contributed by atoms with Crippen molar-refractivity contribution >= 4 is 5.91 Å². The average Bonchev–Trinajstić information content (AvgIpc) is 2.98. The third-order valence-corrected chi connectivity index (χ3v) is 3.99. The second-order valence-corrected chi connectivity index (χ2v) is 4.87. The molecule has 2 unspecified atom stereocenters. The Hall–Kier alpha value is -1.32. The number of nitrogens with zero attached hydrogens (tertiary/aromatic N) is 2. The smallest absolute Gasteiger partial charge is 0.272 e. The van der Waals surface area contributed by atoms with Gasteiger partial charge in [-0.15, -0.1) is 0 Å². The normalized spacial score (nSPS) is 29.1. The molecule has 2 aliphatic rings. The predicted octanol–water partition coefficient (Wildman–Crippen LogP) is 1.81. The van der Waals surface area contributed by atoms with Crippen LogP contribution in [0.2, 0.25) is 0 Å². The third-order valence-electron chi connectivity index (χ3n) is 3.99. The number of aromatic amines is 1. The van der Waals surface area contributed by atoms with Crippen LogP contribution in [0.25, 0.3) is 0 Å². The van der Waals surface area contributed by atoms with Crippen LogP contribution in [0.1, 0.15) is 42.6 Å². The number of likely N-dealkylation sites (tertiary alicyclic amines) is 1. The number of H-pyrrole nitrogens is 1. The summed E-state index contributed by atoms with van der Waals surface area (Å²) >= 11 is 0. The lowest BCUT2D eigenvalue weighted by Gasteiger charge is -2.37. The Morgan fingerprint density at radius 1 is 1.38 bits per heavy atom. The molecule has 1 aliphatic heterocycles. The number of carbonyl (C=O) groups is 1. The Kier molecular flexibility index (Phi) is 2.42. The van der Waals surface area contributed by atoms with Gasteiger partial charge in [-0.2, -0.15) is 5.10 Å². The fourth-order valence-electron chi connectivity index (χ4n) is 3.24. The molecule has 1 aromatic rings. The molecule has 16 heavy (non-hydrogen) atoms. The van der Waals surface area contributed by atoms with Gasteiger partial charge in [0.2, 0.25) is 0 Å². The van der Waals surface area contributed by atoms with Crippen molar-refractivity contribution in [3.63, 3.8) is 0 Å². The van der Waals surface area contributed by atoms with E-state index in [1.54, 1.807) is 12.3 Å². The molecule has 2 heterocycles. The molecule has 1 N–H and O–H groups in total. The highest BCUT2D eigenvalue weighted by Crippen LogP contribution is 2.37. The van der Waals surface area contributed by atoms with Crippen molar-refractivity contribution < 1.29 is 4.79 Å². The molecule has 1 saturated carbocycles. The van der Waals surface area contributed by atoms with Crippen molar-refractivity contribution in [1.82, 2.24) is 15.1 Å². The Bertz CT molecular complexity index is 374. The van der Waals surface area contributed by atoms with Crippen LogP contribution in [0.3, 0.4) is 0 Å². The summed E-state index contributed by atoms with van der Waals surface area (Å²) < 4.78 is 0. The number of amides is 1. The summed E-state index contributed by atoms with van der Waals surface area (Å²) in [5.41, 5.74) is 0.632. The maximum absolute atomic E-state index is 12.3. The number of nitrogens with one attached hydrogen (secondary N) is 1. The molecular weight excluding hydrogens is 202 g/mol. The van der Waals surface area contributed by atoms with Crippen molar-refractivity contribution in [3.8, 4) is 0 Å². The average molecular weight is 219 g/mol. The maximum Gasteiger partial charge on any atom is 0.272 e. The second kappa shape index (κ2) is 3.92. The molecule has 0 bridgehead atoms. The van der Waals surface area contributed by atoms with Gasteiger partial charge in [0, 0.05) is 18.8 Å². The zero-order valence-corrected chi connectivity index (χ0v) is 9.35. The van der Waals surface area contributed by atoms with Crippen molar-refractivity contribution in [2.24, 2.45) is 5.92 Å².